The summed E-state index contributed by atoms with van der Waals surface area (Å²) in [7, 11) is 1.63. The van der Waals surface area contributed by atoms with Crippen molar-refractivity contribution in [2.75, 3.05) is 26.8 Å². The number of methoxy groups -OCH3 is 1. The summed E-state index contributed by atoms with van der Waals surface area (Å²) >= 11 is 0. The van der Waals surface area contributed by atoms with Crippen LogP contribution < -0.4 is 9.47 Å². The molecule has 5 heteroatoms. The van der Waals surface area contributed by atoms with Crippen LogP contribution in [-0.2, 0) is 0 Å². The first-order valence-electron chi connectivity index (χ1n) is 8.39. The number of rotatable bonds is 6. The van der Waals surface area contributed by atoms with Gasteiger partial charge >= 0.3 is 6.09 Å². The van der Waals surface area contributed by atoms with Gasteiger partial charge in [0.15, 0.2) is 11.5 Å². The molecular formula is C19H25NO4. The highest BCUT2D eigenvalue weighted by Gasteiger charge is 2.43. The minimum atomic E-state index is -0.885. The predicted molar refractivity (Wildman–Crippen MR) is 91.9 cm³/mol. The maximum Gasteiger partial charge on any atom is 0.407 e. The molecule has 2 atom stereocenters. The summed E-state index contributed by atoms with van der Waals surface area (Å²) in [4.78, 5) is 12.8. The van der Waals surface area contributed by atoms with E-state index in [0.717, 1.165) is 11.3 Å². The quantitative estimate of drug-likeness (QED) is 0.807. The van der Waals surface area contributed by atoms with Crippen molar-refractivity contribution in [3.8, 4) is 11.5 Å². The lowest BCUT2D eigenvalue weighted by molar-refractivity contribution is 0.152. The fourth-order valence-electron chi connectivity index (χ4n) is 3.37. The SMILES string of the molecule is C=CC1(C)CN(C(=O)O)CC1c1ccc(OC)c(OCC2CC2)c1. The Bertz CT molecular complexity index is 640. The van der Waals surface area contributed by atoms with Crippen molar-refractivity contribution in [2.45, 2.75) is 25.7 Å². The molecule has 0 radical (unpaired) electrons. The minimum Gasteiger partial charge on any atom is -0.493 e. The van der Waals surface area contributed by atoms with Gasteiger partial charge in [-0.25, -0.2) is 4.79 Å². The van der Waals surface area contributed by atoms with Gasteiger partial charge < -0.3 is 19.5 Å². The zero-order chi connectivity index (χ0) is 17.3. The van der Waals surface area contributed by atoms with Crippen LogP contribution in [-0.4, -0.2) is 42.9 Å². The Balaban J connectivity index is 1.87. The normalized spacial score (nSPS) is 26.2. The summed E-state index contributed by atoms with van der Waals surface area (Å²) < 4.78 is 11.4. The van der Waals surface area contributed by atoms with Gasteiger partial charge in [-0.3, -0.25) is 0 Å². The van der Waals surface area contributed by atoms with E-state index in [9.17, 15) is 9.90 Å². The van der Waals surface area contributed by atoms with E-state index in [4.69, 9.17) is 9.47 Å². The molecular weight excluding hydrogens is 306 g/mol. The minimum absolute atomic E-state index is 0.0558. The largest absolute Gasteiger partial charge is 0.493 e. The molecule has 1 N–H and O–H groups in total. The van der Waals surface area contributed by atoms with Crippen LogP contribution in [0.2, 0.25) is 0 Å². The summed E-state index contributed by atoms with van der Waals surface area (Å²) in [6, 6.07) is 5.91. The van der Waals surface area contributed by atoms with Gasteiger partial charge in [-0.2, -0.15) is 0 Å². The molecule has 0 bridgehead atoms. The number of hydrogen-bond donors (Lipinski definition) is 1. The highest BCUT2D eigenvalue weighted by atomic mass is 16.5. The molecule has 3 rings (SSSR count). The van der Waals surface area contributed by atoms with Gasteiger partial charge in [-0.1, -0.05) is 19.1 Å². The fourth-order valence-corrected chi connectivity index (χ4v) is 3.37. The molecule has 1 aliphatic carbocycles. The third-order valence-corrected chi connectivity index (χ3v) is 5.23. The Morgan fingerprint density at radius 2 is 2.21 bits per heavy atom. The van der Waals surface area contributed by atoms with Gasteiger partial charge in [0.25, 0.3) is 0 Å². The third kappa shape index (κ3) is 3.21. The molecule has 1 saturated carbocycles. The predicted octanol–water partition coefficient (Wildman–Crippen LogP) is 3.75. The number of benzene rings is 1. The number of likely N-dealkylation sites (tertiary alicyclic amines) is 1. The van der Waals surface area contributed by atoms with Crippen molar-refractivity contribution in [3.63, 3.8) is 0 Å². The molecule has 2 aliphatic rings. The van der Waals surface area contributed by atoms with Gasteiger partial charge in [0.1, 0.15) is 0 Å². The molecule has 2 unspecified atom stereocenters. The number of ether oxygens (including phenoxy) is 2. The Kier molecular flexibility index (Phi) is 4.43. The van der Waals surface area contributed by atoms with E-state index in [0.29, 0.717) is 31.4 Å². The van der Waals surface area contributed by atoms with Crippen molar-refractivity contribution in [3.05, 3.63) is 36.4 Å². The summed E-state index contributed by atoms with van der Waals surface area (Å²) in [6.45, 7) is 7.63. The van der Waals surface area contributed by atoms with Crippen molar-refractivity contribution >= 4 is 6.09 Å². The summed E-state index contributed by atoms with van der Waals surface area (Å²) in [5, 5.41) is 9.34. The van der Waals surface area contributed by atoms with Crippen LogP contribution in [0, 0.1) is 11.3 Å². The highest BCUT2D eigenvalue weighted by molar-refractivity contribution is 5.66. The van der Waals surface area contributed by atoms with E-state index < -0.39 is 6.09 Å². The van der Waals surface area contributed by atoms with Gasteiger partial charge in [0, 0.05) is 24.4 Å². The van der Waals surface area contributed by atoms with Crippen molar-refractivity contribution in [2.24, 2.45) is 11.3 Å². The molecule has 5 nitrogen and oxygen atoms in total. The maximum absolute atomic E-state index is 11.4. The van der Waals surface area contributed by atoms with Gasteiger partial charge in [0.2, 0.25) is 0 Å². The first kappa shape index (κ1) is 16.7. The van der Waals surface area contributed by atoms with Crippen molar-refractivity contribution in [1.82, 2.24) is 4.90 Å². The van der Waals surface area contributed by atoms with Gasteiger partial charge in [0.05, 0.1) is 13.7 Å². The molecule has 2 fully saturated rings. The summed E-state index contributed by atoms with van der Waals surface area (Å²) in [6.07, 6.45) is 3.44. The molecule has 0 aromatic heterocycles. The van der Waals surface area contributed by atoms with Crippen LogP contribution >= 0.6 is 0 Å². The lowest BCUT2D eigenvalue weighted by Crippen LogP contribution is -2.28. The molecule has 24 heavy (non-hydrogen) atoms. The molecule has 1 aromatic rings. The van der Waals surface area contributed by atoms with Crippen molar-refractivity contribution < 1.29 is 19.4 Å². The van der Waals surface area contributed by atoms with E-state index in [-0.39, 0.29) is 11.3 Å². The lowest BCUT2D eigenvalue weighted by Gasteiger charge is -2.27. The second-order valence-corrected chi connectivity index (χ2v) is 7.09. The van der Waals surface area contributed by atoms with E-state index in [2.05, 4.69) is 13.5 Å². The highest BCUT2D eigenvalue weighted by Crippen LogP contribution is 2.45. The fraction of sp³-hybridized carbons (Fsp3) is 0.526. The average Bonchev–Trinajstić information content (AvgIpc) is 3.34. The molecule has 130 valence electrons. The molecule has 1 amide bonds. The first-order chi connectivity index (χ1) is 11.5. The molecule has 1 aromatic carbocycles. The Morgan fingerprint density at radius 1 is 1.46 bits per heavy atom. The molecule has 1 saturated heterocycles. The topological polar surface area (TPSA) is 59.0 Å². The first-order valence-corrected chi connectivity index (χ1v) is 8.39. The van der Waals surface area contributed by atoms with Crippen LogP contribution in [0.4, 0.5) is 4.79 Å². The van der Waals surface area contributed by atoms with Gasteiger partial charge in [-0.15, -0.1) is 6.58 Å². The number of carboxylic acid groups (broad SMARTS) is 1. The summed E-state index contributed by atoms with van der Waals surface area (Å²) in [5.41, 5.74) is 0.772. The number of amides is 1. The van der Waals surface area contributed by atoms with Crippen LogP contribution in [0.5, 0.6) is 11.5 Å². The van der Waals surface area contributed by atoms with Crippen LogP contribution in [0.25, 0.3) is 0 Å². The van der Waals surface area contributed by atoms with Crippen LogP contribution in [0.15, 0.2) is 30.9 Å². The van der Waals surface area contributed by atoms with Crippen LogP contribution in [0.3, 0.4) is 0 Å². The Labute approximate surface area is 142 Å². The van der Waals surface area contributed by atoms with E-state index in [1.807, 2.05) is 24.3 Å². The number of hydrogen-bond acceptors (Lipinski definition) is 3. The van der Waals surface area contributed by atoms with E-state index in [1.165, 1.54) is 17.7 Å². The zero-order valence-corrected chi connectivity index (χ0v) is 14.3. The van der Waals surface area contributed by atoms with Gasteiger partial charge in [-0.05, 0) is 36.5 Å². The Morgan fingerprint density at radius 3 is 2.79 bits per heavy atom. The monoisotopic (exact) mass is 331 g/mol. The molecule has 1 aliphatic heterocycles. The number of nitrogens with zero attached hydrogens (tertiary/aromatic N) is 1. The smallest absolute Gasteiger partial charge is 0.407 e. The zero-order valence-electron chi connectivity index (χ0n) is 14.3. The standard InChI is InChI=1S/C19H25NO4/c1-4-19(2)12-20(18(21)22)10-15(19)14-7-8-16(23-3)17(9-14)24-11-13-5-6-13/h4,7-9,13,15H,1,5-6,10-12H2,2-3H3,(H,21,22). The number of carbonyl (C=O) groups is 1. The van der Waals surface area contributed by atoms with E-state index >= 15 is 0 Å². The lowest BCUT2D eigenvalue weighted by atomic mass is 9.76. The van der Waals surface area contributed by atoms with E-state index in [1.54, 1.807) is 7.11 Å². The third-order valence-electron chi connectivity index (χ3n) is 5.23. The molecule has 1 heterocycles. The second-order valence-electron chi connectivity index (χ2n) is 7.09. The Hall–Kier alpha value is -2.17. The molecule has 0 spiro atoms. The summed E-state index contributed by atoms with van der Waals surface area (Å²) in [5.74, 6) is 2.17. The second kappa shape index (κ2) is 6.38. The maximum atomic E-state index is 11.4. The van der Waals surface area contributed by atoms with Crippen LogP contribution in [0.1, 0.15) is 31.2 Å². The van der Waals surface area contributed by atoms with Crippen molar-refractivity contribution in [1.29, 1.82) is 0 Å². The average molecular weight is 331 g/mol.